The van der Waals surface area contributed by atoms with Gasteiger partial charge in [-0.1, -0.05) is 6.07 Å². The van der Waals surface area contributed by atoms with Gasteiger partial charge in [0.15, 0.2) is 11.5 Å². The number of thiazole rings is 1. The molecular weight excluding hydrogens is 296 g/mol. The van der Waals surface area contributed by atoms with Crippen LogP contribution in [-0.2, 0) is 0 Å². The standard InChI is InChI=1S/C13H10N2O3S2/c1-6-11(20-7(2)14-6)10-9(13(16)17)15-12(18-10)8-4-3-5-19-8/h3-5H,1-2H3,(H,16,17). The summed E-state index contributed by atoms with van der Waals surface area (Å²) in [6.45, 7) is 3.70. The maximum atomic E-state index is 11.4. The van der Waals surface area contributed by atoms with Crippen LogP contribution >= 0.6 is 22.7 Å². The molecule has 1 N–H and O–H groups in total. The van der Waals surface area contributed by atoms with Crippen LogP contribution in [0.25, 0.3) is 21.4 Å². The number of hydrogen-bond acceptors (Lipinski definition) is 6. The van der Waals surface area contributed by atoms with Crippen LogP contribution in [0.2, 0.25) is 0 Å². The van der Waals surface area contributed by atoms with E-state index < -0.39 is 5.97 Å². The molecule has 0 aliphatic carbocycles. The fourth-order valence-corrected chi connectivity index (χ4v) is 3.42. The first-order chi connectivity index (χ1) is 9.56. The van der Waals surface area contributed by atoms with Gasteiger partial charge in [0.25, 0.3) is 0 Å². The van der Waals surface area contributed by atoms with Crippen LogP contribution in [0.15, 0.2) is 21.9 Å². The SMILES string of the molecule is Cc1nc(C)c(-c2oc(-c3cccs3)nc2C(=O)O)s1. The Hall–Kier alpha value is -1.99. The third kappa shape index (κ3) is 2.14. The Morgan fingerprint density at radius 2 is 2.15 bits per heavy atom. The van der Waals surface area contributed by atoms with Crippen molar-refractivity contribution < 1.29 is 14.3 Å². The molecule has 3 aromatic heterocycles. The van der Waals surface area contributed by atoms with Crippen molar-refractivity contribution in [1.29, 1.82) is 0 Å². The van der Waals surface area contributed by atoms with Gasteiger partial charge in [0, 0.05) is 0 Å². The lowest BCUT2D eigenvalue weighted by atomic mass is 10.2. The molecule has 0 amide bonds. The summed E-state index contributed by atoms with van der Waals surface area (Å²) in [6, 6.07) is 3.71. The summed E-state index contributed by atoms with van der Waals surface area (Å²) in [5.74, 6) is -0.487. The molecule has 3 rings (SSSR count). The number of aryl methyl sites for hydroxylation is 2. The van der Waals surface area contributed by atoms with Gasteiger partial charge in [-0.15, -0.1) is 22.7 Å². The monoisotopic (exact) mass is 306 g/mol. The number of nitrogens with zero attached hydrogens (tertiary/aromatic N) is 2. The quantitative estimate of drug-likeness (QED) is 0.795. The first kappa shape index (κ1) is 13.0. The Bertz CT molecular complexity index is 772. The molecule has 3 heterocycles. The molecule has 0 unspecified atom stereocenters. The number of carboxylic acid groups (broad SMARTS) is 1. The smallest absolute Gasteiger partial charge is 0.358 e. The summed E-state index contributed by atoms with van der Waals surface area (Å²) >= 11 is 2.86. The summed E-state index contributed by atoms with van der Waals surface area (Å²) in [7, 11) is 0. The van der Waals surface area contributed by atoms with Crippen molar-refractivity contribution in [3.05, 3.63) is 33.9 Å². The minimum Gasteiger partial charge on any atom is -0.476 e. The molecule has 0 bridgehead atoms. The van der Waals surface area contributed by atoms with E-state index in [1.165, 1.54) is 22.7 Å². The van der Waals surface area contributed by atoms with Crippen LogP contribution in [-0.4, -0.2) is 21.0 Å². The number of thiophene rings is 1. The molecule has 0 radical (unpaired) electrons. The number of aromatic nitrogens is 2. The Labute approximate surface area is 122 Å². The number of hydrogen-bond donors (Lipinski definition) is 1. The van der Waals surface area contributed by atoms with Gasteiger partial charge >= 0.3 is 5.97 Å². The zero-order valence-corrected chi connectivity index (χ0v) is 12.3. The first-order valence-corrected chi connectivity index (χ1v) is 7.48. The highest BCUT2D eigenvalue weighted by molar-refractivity contribution is 7.15. The van der Waals surface area contributed by atoms with Gasteiger partial charge in [0.05, 0.1) is 20.5 Å². The van der Waals surface area contributed by atoms with Crippen LogP contribution in [0.4, 0.5) is 0 Å². The number of rotatable bonds is 3. The molecule has 0 spiro atoms. The summed E-state index contributed by atoms with van der Waals surface area (Å²) in [6.07, 6.45) is 0. The van der Waals surface area contributed by atoms with Crippen LogP contribution < -0.4 is 0 Å². The number of oxazole rings is 1. The molecule has 0 atom stereocenters. The van der Waals surface area contributed by atoms with Crippen molar-refractivity contribution in [2.24, 2.45) is 0 Å². The predicted molar refractivity (Wildman–Crippen MR) is 77.4 cm³/mol. The van der Waals surface area contributed by atoms with Gasteiger partial charge in [-0.2, -0.15) is 0 Å². The fraction of sp³-hybridized carbons (Fsp3) is 0.154. The van der Waals surface area contributed by atoms with E-state index in [2.05, 4.69) is 9.97 Å². The van der Waals surface area contributed by atoms with E-state index in [1.807, 2.05) is 31.4 Å². The minimum absolute atomic E-state index is 0.0693. The zero-order chi connectivity index (χ0) is 14.3. The molecule has 20 heavy (non-hydrogen) atoms. The van der Waals surface area contributed by atoms with Gasteiger partial charge in [0.2, 0.25) is 5.89 Å². The maximum Gasteiger partial charge on any atom is 0.358 e. The van der Waals surface area contributed by atoms with Crippen molar-refractivity contribution >= 4 is 28.6 Å². The average molecular weight is 306 g/mol. The Kier molecular flexibility index (Phi) is 3.15. The lowest BCUT2D eigenvalue weighted by Crippen LogP contribution is -1.98. The normalized spacial score (nSPS) is 10.9. The molecule has 102 valence electrons. The summed E-state index contributed by atoms with van der Waals surface area (Å²) < 4.78 is 5.69. The topological polar surface area (TPSA) is 76.2 Å². The van der Waals surface area contributed by atoms with Crippen LogP contribution in [0.1, 0.15) is 21.2 Å². The summed E-state index contributed by atoms with van der Waals surface area (Å²) in [5.41, 5.74) is 0.684. The van der Waals surface area contributed by atoms with Gasteiger partial charge in [-0.25, -0.2) is 14.8 Å². The molecule has 5 nitrogen and oxygen atoms in total. The summed E-state index contributed by atoms with van der Waals surface area (Å²) in [4.78, 5) is 21.3. The average Bonchev–Trinajstić information content (AvgIpc) is 3.07. The maximum absolute atomic E-state index is 11.4. The van der Waals surface area contributed by atoms with E-state index >= 15 is 0 Å². The van der Waals surface area contributed by atoms with E-state index in [9.17, 15) is 9.90 Å². The Morgan fingerprint density at radius 1 is 1.35 bits per heavy atom. The lowest BCUT2D eigenvalue weighted by Gasteiger charge is -1.94. The third-order valence-corrected chi connectivity index (χ3v) is 4.60. The molecule has 0 aliphatic rings. The second kappa shape index (κ2) is 4.84. The Balaban J connectivity index is 2.19. The van der Waals surface area contributed by atoms with Crippen molar-refractivity contribution in [1.82, 2.24) is 9.97 Å². The Morgan fingerprint density at radius 3 is 2.70 bits per heavy atom. The van der Waals surface area contributed by atoms with Crippen LogP contribution in [0.3, 0.4) is 0 Å². The fourth-order valence-electron chi connectivity index (χ4n) is 1.87. The van der Waals surface area contributed by atoms with Gasteiger partial charge in [0.1, 0.15) is 0 Å². The second-order valence-electron chi connectivity index (χ2n) is 4.13. The highest BCUT2D eigenvalue weighted by Gasteiger charge is 2.25. The van der Waals surface area contributed by atoms with Crippen LogP contribution in [0, 0.1) is 13.8 Å². The molecule has 0 aliphatic heterocycles. The lowest BCUT2D eigenvalue weighted by molar-refractivity contribution is 0.0691. The minimum atomic E-state index is -1.10. The number of aromatic carboxylic acids is 1. The van der Waals surface area contributed by atoms with Crippen molar-refractivity contribution in [2.75, 3.05) is 0 Å². The van der Waals surface area contributed by atoms with E-state index in [4.69, 9.17) is 4.42 Å². The highest BCUT2D eigenvalue weighted by Crippen LogP contribution is 2.36. The zero-order valence-electron chi connectivity index (χ0n) is 10.7. The molecule has 0 aromatic carbocycles. The van der Waals surface area contributed by atoms with Gasteiger partial charge in [-0.05, 0) is 25.3 Å². The predicted octanol–water partition coefficient (Wildman–Crippen LogP) is 3.84. The van der Waals surface area contributed by atoms with Crippen molar-refractivity contribution in [3.63, 3.8) is 0 Å². The van der Waals surface area contributed by atoms with Crippen molar-refractivity contribution in [2.45, 2.75) is 13.8 Å². The third-order valence-electron chi connectivity index (χ3n) is 2.67. The van der Waals surface area contributed by atoms with E-state index in [0.29, 0.717) is 5.89 Å². The van der Waals surface area contributed by atoms with E-state index in [0.717, 1.165) is 20.5 Å². The first-order valence-electron chi connectivity index (χ1n) is 5.78. The largest absolute Gasteiger partial charge is 0.476 e. The number of carbonyl (C=O) groups is 1. The molecule has 0 saturated heterocycles. The van der Waals surface area contributed by atoms with E-state index in [1.54, 1.807) is 0 Å². The van der Waals surface area contributed by atoms with Gasteiger partial charge in [-0.3, -0.25) is 0 Å². The highest BCUT2D eigenvalue weighted by atomic mass is 32.1. The molecule has 0 saturated carbocycles. The molecule has 0 fully saturated rings. The summed E-state index contributed by atoms with van der Waals surface area (Å²) in [5, 5.41) is 12.1. The molecule has 7 heteroatoms. The van der Waals surface area contributed by atoms with Gasteiger partial charge < -0.3 is 9.52 Å². The van der Waals surface area contributed by atoms with E-state index in [-0.39, 0.29) is 11.5 Å². The second-order valence-corrected chi connectivity index (χ2v) is 6.28. The number of carboxylic acids is 1. The molecular formula is C13H10N2O3S2. The molecule has 3 aromatic rings. The van der Waals surface area contributed by atoms with Crippen LogP contribution in [0.5, 0.6) is 0 Å². The van der Waals surface area contributed by atoms with Crippen molar-refractivity contribution in [3.8, 4) is 21.4 Å².